The van der Waals surface area contributed by atoms with E-state index in [4.69, 9.17) is 4.74 Å². The highest BCUT2D eigenvalue weighted by molar-refractivity contribution is 6.07. The van der Waals surface area contributed by atoms with Crippen molar-refractivity contribution in [2.24, 2.45) is 11.8 Å². The van der Waals surface area contributed by atoms with Gasteiger partial charge in [-0.3, -0.25) is 24.2 Å². The Hall–Kier alpha value is -4.47. The molecule has 2 aromatic heterocycles. The van der Waals surface area contributed by atoms with Crippen molar-refractivity contribution in [2.75, 3.05) is 43.0 Å². The van der Waals surface area contributed by atoms with Gasteiger partial charge in [-0.1, -0.05) is 6.07 Å². The number of nitrogens with one attached hydrogen (secondary N) is 1. The summed E-state index contributed by atoms with van der Waals surface area (Å²) >= 11 is 0. The average molecular weight is 570 g/mol. The van der Waals surface area contributed by atoms with Gasteiger partial charge in [-0.05, 0) is 68.5 Å². The van der Waals surface area contributed by atoms with Crippen LogP contribution >= 0.6 is 0 Å². The fourth-order valence-electron chi connectivity index (χ4n) is 6.59. The molecule has 3 aliphatic heterocycles. The molecule has 10 nitrogen and oxygen atoms in total. The summed E-state index contributed by atoms with van der Waals surface area (Å²) in [6.07, 6.45) is 5.26. The van der Waals surface area contributed by atoms with Gasteiger partial charge >= 0.3 is 5.97 Å². The maximum atomic E-state index is 13.6. The van der Waals surface area contributed by atoms with Crippen LogP contribution in [0, 0.1) is 11.8 Å². The van der Waals surface area contributed by atoms with Crippen molar-refractivity contribution in [3.8, 4) is 0 Å². The Morgan fingerprint density at radius 2 is 1.83 bits per heavy atom. The van der Waals surface area contributed by atoms with Crippen molar-refractivity contribution in [1.82, 2.24) is 14.5 Å². The van der Waals surface area contributed by atoms with Gasteiger partial charge < -0.3 is 24.4 Å². The Balaban J connectivity index is 1.27. The molecule has 3 aliphatic rings. The largest absolute Gasteiger partial charge is 0.466 e. The number of likely N-dealkylation sites (tertiary alicyclic amines) is 1. The quantitative estimate of drug-likeness (QED) is 0.452. The molecule has 0 spiro atoms. The van der Waals surface area contributed by atoms with E-state index in [-0.39, 0.29) is 35.2 Å². The molecule has 3 aromatic rings. The molecule has 0 saturated carbocycles. The smallest absolute Gasteiger partial charge is 0.309 e. The molecule has 2 fully saturated rings. The Bertz CT molecular complexity index is 1550. The van der Waals surface area contributed by atoms with Crippen LogP contribution in [0.3, 0.4) is 0 Å². The Labute approximate surface area is 244 Å². The number of hydrogen-bond acceptors (Lipinski definition) is 7. The summed E-state index contributed by atoms with van der Waals surface area (Å²) in [5.41, 5.74) is 3.37. The fraction of sp³-hybridized carbons (Fsp3) is 0.406. The van der Waals surface area contributed by atoms with E-state index >= 15 is 0 Å². The van der Waals surface area contributed by atoms with E-state index in [0.717, 1.165) is 24.3 Å². The summed E-state index contributed by atoms with van der Waals surface area (Å²) in [5, 5.41) is 3.04. The molecule has 2 amide bonds. The van der Waals surface area contributed by atoms with Crippen LogP contribution in [0.25, 0.3) is 0 Å². The van der Waals surface area contributed by atoms with Crippen molar-refractivity contribution in [3.05, 3.63) is 88.1 Å². The first-order valence-corrected chi connectivity index (χ1v) is 14.7. The lowest BCUT2D eigenvalue weighted by Crippen LogP contribution is -2.47. The Kier molecular flexibility index (Phi) is 7.78. The third-order valence-electron chi connectivity index (χ3n) is 8.64. The summed E-state index contributed by atoms with van der Waals surface area (Å²) < 4.78 is 7.06. The minimum Gasteiger partial charge on any atom is -0.466 e. The lowest BCUT2D eigenvalue weighted by molar-refractivity contribution is -0.149. The van der Waals surface area contributed by atoms with Crippen LogP contribution < -0.4 is 15.8 Å². The molecule has 2 saturated heterocycles. The SMILES string of the molecule is CCOC(=O)C1CCN(C(=O)c2ccc(N3CC4CC(C3)c3cccc(=O)n3C4)c(NC(=O)c3cccnc3)c2)CC1. The molecule has 10 heteroatoms. The first kappa shape index (κ1) is 27.7. The highest BCUT2D eigenvalue weighted by atomic mass is 16.5. The molecular formula is C32H35N5O5. The van der Waals surface area contributed by atoms with Gasteiger partial charge in [0.05, 0.1) is 29.5 Å². The van der Waals surface area contributed by atoms with Crippen LogP contribution in [-0.2, 0) is 16.1 Å². The molecule has 0 radical (unpaired) electrons. The second-order valence-corrected chi connectivity index (χ2v) is 11.3. The fourth-order valence-corrected chi connectivity index (χ4v) is 6.59. The molecule has 0 aliphatic carbocycles. The van der Waals surface area contributed by atoms with E-state index in [1.165, 1.54) is 6.20 Å². The Morgan fingerprint density at radius 1 is 1.00 bits per heavy atom. The molecule has 2 unspecified atom stereocenters. The predicted molar refractivity (Wildman–Crippen MR) is 158 cm³/mol. The number of fused-ring (bicyclic) bond motifs is 4. The second kappa shape index (κ2) is 11.8. The normalized spacial score (nSPS) is 20.0. The van der Waals surface area contributed by atoms with Crippen LogP contribution in [0.5, 0.6) is 0 Å². The number of aromatic nitrogens is 2. The number of ether oxygens (including phenoxy) is 1. The number of hydrogen-bond donors (Lipinski definition) is 1. The van der Waals surface area contributed by atoms with Gasteiger partial charge in [-0.15, -0.1) is 0 Å². The molecular weight excluding hydrogens is 534 g/mol. The number of carbonyl (C=O) groups is 3. The van der Waals surface area contributed by atoms with Crippen molar-refractivity contribution in [1.29, 1.82) is 0 Å². The topological polar surface area (TPSA) is 114 Å². The summed E-state index contributed by atoms with van der Waals surface area (Å²) in [7, 11) is 0. The standard InChI is InChI=1S/C32H35N5O5/c1-2-42-32(41)22-10-13-35(14-11-22)31(40)23-8-9-28(26(16-23)34-30(39)24-5-4-12-33-17-24)36-18-21-15-25(20-36)27-6-3-7-29(38)37(27)19-21/h3-9,12,16-17,21-22,25H,2,10-11,13-15,18-20H2,1H3,(H,34,39). The second-order valence-electron chi connectivity index (χ2n) is 11.3. The number of amides is 2. The van der Waals surface area contributed by atoms with Gasteiger partial charge in [0.15, 0.2) is 0 Å². The van der Waals surface area contributed by atoms with Crippen molar-refractivity contribution < 1.29 is 19.1 Å². The molecule has 2 atom stereocenters. The van der Waals surface area contributed by atoms with Crippen LogP contribution in [0.2, 0.25) is 0 Å². The first-order valence-electron chi connectivity index (χ1n) is 14.7. The Morgan fingerprint density at radius 3 is 2.60 bits per heavy atom. The number of carbonyl (C=O) groups excluding carboxylic acids is 3. The molecule has 42 heavy (non-hydrogen) atoms. The van der Waals surface area contributed by atoms with Crippen molar-refractivity contribution >= 4 is 29.2 Å². The monoisotopic (exact) mass is 569 g/mol. The average Bonchev–Trinajstić information content (AvgIpc) is 3.02. The zero-order valence-corrected chi connectivity index (χ0v) is 23.7. The number of benzene rings is 1. The first-order chi connectivity index (χ1) is 20.4. The molecule has 6 rings (SSSR count). The van der Waals surface area contributed by atoms with Crippen LogP contribution in [-0.4, -0.2) is 65.0 Å². The van der Waals surface area contributed by atoms with E-state index < -0.39 is 0 Å². The van der Waals surface area contributed by atoms with Crippen LogP contribution in [0.1, 0.15) is 58.5 Å². The van der Waals surface area contributed by atoms with E-state index in [0.29, 0.717) is 68.4 Å². The minimum atomic E-state index is -0.307. The molecule has 1 aromatic carbocycles. The maximum Gasteiger partial charge on any atom is 0.309 e. The van der Waals surface area contributed by atoms with E-state index in [1.807, 2.05) is 28.8 Å². The molecule has 2 bridgehead atoms. The number of piperidine rings is 2. The van der Waals surface area contributed by atoms with Crippen LogP contribution in [0.4, 0.5) is 11.4 Å². The van der Waals surface area contributed by atoms with E-state index in [2.05, 4.69) is 15.2 Å². The van der Waals surface area contributed by atoms with Gasteiger partial charge in [0.1, 0.15) is 0 Å². The number of nitrogens with zero attached hydrogens (tertiary/aromatic N) is 4. The predicted octanol–water partition coefficient (Wildman–Crippen LogP) is 3.53. The summed E-state index contributed by atoms with van der Waals surface area (Å²) in [4.78, 5) is 59.6. The molecule has 218 valence electrons. The third-order valence-corrected chi connectivity index (χ3v) is 8.64. The zero-order chi connectivity index (χ0) is 29.2. The lowest BCUT2D eigenvalue weighted by atomic mass is 9.83. The van der Waals surface area contributed by atoms with Crippen LogP contribution in [0.15, 0.2) is 65.7 Å². The number of esters is 1. The summed E-state index contributed by atoms with van der Waals surface area (Å²) in [6, 6.07) is 14.4. The summed E-state index contributed by atoms with van der Waals surface area (Å²) in [5.74, 6) is -0.350. The molecule has 1 N–H and O–H groups in total. The number of pyridine rings is 2. The third kappa shape index (κ3) is 5.53. The van der Waals surface area contributed by atoms with Gasteiger partial charge in [-0.25, -0.2) is 0 Å². The van der Waals surface area contributed by atoms with Crippen molar-refractivity contribution in [3.63, 3.8) is 0 Å². The maximum absolute atomic E-state index is 13.6. The van der Waals surface area contributed by atoms with Crippen molar-refractivity contribution in [2.45, 2.75) is 38.6 Å². The van der Waals surface area contributed by atoms with Gasteiger partial charge in [-0.2, -0.15) is 0 Å². The zero-order valence-electron chi connectivity index (χ0n) is 23.7. The number of anilines is 2. The highest BCUT2D eigenvalue weighted by Crippen LogP contribution is 2.39. The van der Waals surface area contributed by atoms with E-state index in [1.54, 1.807) is 42.3 Å². The molecule has 5 heterocycles. The minimum absolute atomic E-state index is 0.0363. The lowest BCUT2D eigenvalue weighted by Gasteiger charge is -2.44. The summed E-state index contributed by atoms with van der Waals surface area (Å²) in [6.45, 7) is 5.18. The number of rotatable bonds is 6. The highest BCUT2D eigenvalue weighted by Gasteiger charge is 2.36. The van der Waals surface area contributed by atoms with Gasteiger partial charge in [0.25, 0.3) is 17.4 Å². The van der Waals surface area contributed by atoms with E-state index in [9.17, 15) is 19.2 Å². The van der Waals surface area contributed by atoms with Gasteiger partial charge in [0.2, 0.25) is 0 Å². The van der Waals surface area contributed by atoms with Gasteiger partial charge in [0, 0.05) is 68.4 Å².